The van der Waals surface area contributed by atoms with Crippen LogP contribution in [0.1, 0.15) is 67.0 Å². The summed E-state index contributed by atoms with van der Waals surface area (Å²) in [6.45, 7) is 3.23. The van der Waals surface area contributed by atoms with E-state index < -0.39 is 0 Å². The van der Waals surface area contributed by atoms with Gasteiger partial charge in [0, 0.05) is 24.9 Å². The van der Waals surface area contributed by atoms with Gasteiger partial charge < -0.3 is 19.1 Å². The zero-order chi connectivity index (χ0) is 18.8. The number of nitrogens with one attached hydrogen (secondary N) is 1. The average molecular weight is 370 g/mol. The molecule has 2 atom stereocenters. The molecule has 27 heavy (non-hydrogen) atoms. The molecule has 2 heterocycles. The third-order valence-electron chi connectivity index (χ3n) is 5.39. The average Bonchev–Trinajstić information content (AvgIpc) is 3.50. The van der Waals surface area contributed by atoms with Gasteiger partial charge in [-0.15, -0.1) is 0 Å². The number of rotatable bonds is 9. The number of furan rings is 2. The molecular formula is C21H26N2O4. The number of hydrogen-bond donors (Lipinski definition) is 1. The highest BCUT2D eigenvalue weighted by Gasteiger charge is 2.37. The highest BCUT2D eigenvalue weighted by molar-refractivity contribution is 5.91. The Morgan fingerprint density at radius 3 is 2.74 bits per heavy atom. The lowest BCUT2D eigenvalue weighted by molar-refractivity contribution is -0.132. The third-order valence-corrected chi connectivity index (χ3v) is 5.39. The first-order chi connectivity index (χ1) is 13.1. The quantitative estimate of drug-likeness (QED) is 0.683. The van der Waals surface area contributed by atoms with Gasteiger partial charge in [-0.3, -0.25) is 9.59 Å². The van der Waals surface area contributed by atoms with Crippen LogP contribution in [0.25, 0.3) is 0 Å². The monoisotopic (exact) mass is 370 g/mol. The van der Waals surface area contributed by atoms with Crippen LogP contribution in [0, 0.1) is 5.92 Å². The van der Waals surface area contributed by atoms with Gasteiger partial charge in [0.2, 0.25) is 5.91 Å². The molecule has 0 radical (unpaired) electrons. The summed E-state index contributed by atoms with van der Waals surface area (Å²) < 4.78 is 11.0. The van der Waals surface area contributed by atoms with Gasteiger partial charge in [-0.1, -0.05) is 6.92 Å². The highest BCUT2D eigenvalue weighted by atomic mass is 16.3. The molecule has 2 aromatic rings. The lowest BCUT2D eigenvalue weighted by atomic mass is 10.2. The van der Waals surface area contributed by atoms with Crippen molar-refractivity contribution >= 4 is 11.8 Å². The first kappa shape index (κ1) is 17.9. The highest BCUT2D eigenvalue weighted by Crippen LogP contribution is 2.47. The zero-order valence-electron chi connectivity index (χ0n) is 15.6. The van der Waals surface area contributed by atoms with E-state index in [1.54, 1.807) is 12.1 Å². The second-order valence-electron chi connectivity index (χ2n) is 7.71. The SMILES string of the molecule is CC1CC1c1ccc(CN(C(=O)CCCNC(=O)c2ccco2)C2CC2)o1. The molecule has 2 aromatic heterocycles. The first-order valence-electron chi connectivity index (χ1n) is 9.81. The molecule has 0 spiro atoms. The molecular weight excluding hydrogens is 344 g/mol. The second-order valence-corrected chi connectivity index (χ2v) is 7.71. The van der Waals surface area contributed by atoms with Gasteiger partial charge in [-0.25, -0.2) is 0 Å². The van der Waals surface area contributed by atoms with Gasteiger partial charge in [-0.05, 0) is 55.9 Å². The molecule has 2 amide bonds. The maximum absolute atomic E-state index is 12.7. The minimum atomic E-state index is -0.246. The van der Waals surface area contributed by atoms with E-state index in [4.69, 9.17) is 8.83 Å². The molecule has 6 heteroatoms. The summed E-state index contributed by atoms with van der Waals surface area (Å²) in [5.41, 5.74) is 0. The van der Waals surface area contributed by atoms with E-state index >= 15 is 0 Å². The van der Waals surface area contributed by atoms with Crippen LogP contribution in [0.15, 0.2) is 39.4 Å². The summed E-state index contributed by atoms with van der Waals surface area (Å²) in [5.74, 6) is 3.37. The molecule has 0 saturated heterocycles. The lowest BCUT2D eigenvalue weighted by Crippen LogP contribution is -2.33. The molecule has 1 N–H and O–H groups in total. The van der Waals surface area contributed by atoms with Crippen LogP contribution in [0.2, 0.25) is 0 Å². The van der Waals surface area contributed by atoms with Crippen molar-refractivity contribution in [3.8, 4) is 0 Å². The van der Waals surface area contributed by atoms with E-state index in [0.29, 0.717) is 49.6 Å². The van der Waals surface area contributed by atoms with Gasteiger partial charge in [0.15, 0.2) is 5.76 Å². The van der Waals surface area contributed by atoms with Crippen LogP contribution in [0.4, 0.5) is 0 Å². The third kappa shape index (κ3) is 4.43. The summed E-state index contributed by atoms with van der Waals surface area (Å²) >= 11 is 0. The fraction of sp³-hybridized carbons (Fsp3) is 0.524. The van der Waals surface area contributed by atoms with Crippen molar-refractivity contribution in [2.45, 2.75) is 57.5 Å². The largest absolute Gasteiger partial charge is 0.464 e. The summed E-state index contributed by atoms with van der Waals surface area (Å²) in [7, 11) is 0. The Balaban J connectivity index is 1.24. The van der Waals surface area contributed by atoms with Crippen molar-refractivity contribution in [1.82, 2.24) is 10.2 Å². The van der Waals surface area contributed by atoms with Crippen LogP contribution < -0.4 is 5.32 Å². The van der Waals surface area contributed by atoms with E-state index in [2.05, 4.69) is 18.3 Å². The smallest absolute Gasteiger partial charge is 0.286 e. The van der Waals surface area contributed by atoms with Gasteiger partial charge >= 0.3 is 0 Å². The maximum atomic E-state index is 12.7. The topological polar surface area (TPSA) is 75.7 Å². The maximum Gasteiger partial charge on any atom is 0.286 e. The van der Waals surface area contributed by atoms with E-state index in [1.807, 2.05) is 11.0 Å². The Kier molecular flexibility index (Phi) is 5.05. The molecule has 144 valence electrons. The summed E-state index contributed by atoms with van der Waals surface area (Å²) in [6, 6.07) is 7.70. The number of hydrogen-bond acceptors (Lipinski definition) is 4. The lowest BCUT2D eigenvalue weighted by Gasteiger charge is -2.21. The van der Waals surface area contributed by atoms with Crippen molar-refractivity contribution in [2.24, 2.45) is 5.92 Å². The van der Waals surface area contributed by atoms with Gasteiger partial charge in [0.25, 0.3) is 5.91 Å². The first-order valence-corrected chi connectivity index (χ1v) is 9.81. The molecule has 2 aliphatic carbocycles. The van der Waals surface area contributed by atoms with Gasteiger partial charge in [0.1, 0.15) is 11.5 Å². The fourth-order valence-electron chi connectivity index (χ4n) is 3.45. The van der Waals surface area contributed by atoms with Crippen LogP contribution in [-0.4, -0.2) is 29.3 Å². The summed E-state index contributed by atoms with van der Waals surface area (Å²) in [4.78, 5) is 26.4. The number of nitrogens with zero attached hydrogens (tertiary/aromatic N) is 1. The van der Waals surface area contributed by atoms with E-state index in [1.165, 1.54) is 12.7 Å². The molecule has 0 aliphatic heterocycles. The van der Waals surface area contributed by atoms with Crippen molar-refractivity contribution in [2.75, 3.05) is 6.54 Å². The van der Waals surface area contributed by atoms with Crippen molar-refractivity contribution in [3.05, 3.63) is 47.8 Å². The Bertz CT molecular complexity index is 791. The van der Waals surface area contributed by atoms with E-state index in [9.17, 15) is 9.59 Å². The number of carbonyl (C=O) groups excluding carboxylic acids is 2. The predicted octanol–water partition coefficient (Wildman–Crippen LogP) is 3.70. The summed E-state index contributed by atoms with van der Waals surface area (Å²) in [5, 5.41) is 2.78. The molecule has 4 rings (SSSR count). The summed E-state index contributed by atoms with van der Waals surface area (Å²) in [6.07, 6.45) is 5.82. The molecule has 2 saturated carbocycles. The number of amides is 2. The minimum absolute atomic E-state index is 0.127. The molecule has 0 bridgehead atoms. The van der Waals surface area contributed by atoms with Crippen LogP contribution >= 0.6 is 0 Å². The Morgan fingerprint density at radius 1 is 1.26 bits per heavy atom. The molecule has 2 aliphatic rings. The van der Waals surface area contributed by atoms with Gasteiger partial charge in [-0.2, -0.15) is 0 Å². The van der Waals surface area contributed by atoms with Crippen LogP contribution in [0.5, 0.6) is 0 Å². The number of carbonyl (C=O) groups is 2. The van der Waals surface area contributed by atoms with Crippen LogP contribution in [-0.2, 0) is 11.3 Å². The molecule has 0 aromatic carbocycles. The molecule has 2 fully saturated rings. The normalized spacial score (nSPS) is 21.1. The Labute approximate surface area is 158 Å². The van der Waals surface area contributed by atoms with E-state index in [0.717, 1.165) is 24.4 Å². The van der Waals surface area contributed by atoms with Crippen molar-refractivity contribution in [3.63, 3.8) is 0 Å². The predicted molar refractivity (Wildman–Crippen MR) is 99.1 cm³/mol. The minimum Gasteiger partial charge on any atom is -0.464 e. The molecule has 2 unspecified atom stereocenters. The van der Waals surface area contributed by atoms with Crippen molar-refractivity contribution in [1.29, 1.82) is 0 Å². The van der Waals surface area contributed by atoms with Gasteiger partial charge in [0.05, 0.1) is 12.8 Å². The molecule has 6 nitrogen and oxygen atoms in total. The zero-order valence-corrected chi connectivity index (χ0v) is 15.6. The Hall–Kier alpha value is -2.50. The fourth-order valence-corrected chi connectivity index (χ4v) is 3.45. The second kappa shape index (κ2) is 7.62. The van der Waals surface area contributed by atoms with Crippen LogP contribution in [0.3, 0.4) is 0 Å². The van der Waals surface area contributed by atoms with E-state index in [-0.39, 0.29) is 11.8 Å². The standard InChI is InChI=1S/C21H26N2O4/c1-14-12-17(14)18-9-8-16(27-18)13-23(15-6-7-15)20(24)5-2-10-22-21(25)19-4-3-11-26-19/h3-4,8-9,11,14-15,17H,2,5-7,10,12-13H2,1H3,(H,22,25). The Morgan fingerprint density at radius 2 is 2.07 bits per heavy atom. The van der Waals surface area contributed by atoms with Crippen molar-refractivity contribution < 1.29 is 18.4 Å².